The fourth-order valence-electron chi connectivity index (χ4n) is 2.52. The van der Waals surface area contributed by atoms with Gasteiger partial charge in [0.15, 0.2) is 0 Å². The van der Waals surface area contributed by atoms with Gasteiger partial charge in [-0.2, -0.15) is 0 Å². The second kappa shape index (κ2) is 5.61. The maximum Gasteiger partial charge on any atom is 0.239 e. The van der Waals surface area contributed by atoms with E-state index < -0.39 is 0 Å². The molecule has 19 heavy (non-hydrogen) atoms. The van der Waals surface area contributed by atoms with Gasteiger partial charge in [-0.1, -0.05) is 18.2 Å². The molecule has 2 fully saturated rings. The van der Waals surface area contributed by atoms with Crippen LogP contribution < -0.4 is 15.5 Å². The lowest BCUT2D eigenvalue weighted by molar-refractivity contribution is -0.119. The van der Waals surface area contributed by atoms with Gasteiger partial charge in [-0.3, -0.25) is 4.79 Å². The summed E-state index contributed by atoms with van der Waals surface area (Å²) in [6.07, 6.45) is 3.61. The molecule has 4 heteroatoms. The van der Waals surface area contributed by atoms with E-state index in [4.69, 9.17) is 0 Å². The molecule has 0 spiro atoms. The van der Waals surface area contributed by atoms with Crippen LogP contribution >= 0.6 is 0 Å². The second-order valence-corrected chi connectivity index (χ2v) is 5.41. The third kappa shape index (κ3) is 3.26. The summed E-state index contributed by atoms with van der Waals surface area (Å²) in [6, 6.07) is 9.13. The van der Waals surface area contributed by atoms with Crippen LogP contribution in [0.5, 0.6) is 0 Å². The lowest BCUT2D eigenvalue weighted by Crippen LogP contribution is -2.33. The highest BCUT2D eigenvalue weighted by Gasteiger charge is 2.22. The van der Waals surface area contributed by atoms with Crippen LogP contribution in [0.4, 0.5) is 5.69 Å². The van der Waals surface area contributed by atoms with Crippen LogP contribution in [0.3, 0.4) is 0 Å². The van der Waals surface area contributed by atoms with E-state index in [0.29, 0.717) is 12.6 Å². The smallest absolute Gasteiger partial charge is 0.239 e. The van der Waals surface area contributed by atoms with Crippen molar-refractivity contribution in [3.63, 3.8) is 0 Å². The molecular weight excluding hydrogens is 238 g/mol. The van der Waals surface area contributed by atoms with Gasteiger partial charge in [0.05, 0.1) is 6.54 Å². The Morgan fingerprint density at radius 2 is 2.16 bits per heavy atom. The number of para-hydroxylation sites is 1. The van der Waals surface area contributed by atoms with Gasteiger partial charge in [-0.05, 0) is 30.9 Å². The maximum absolute atomic E-state index is 11.7. The number of carbonyl (C=O) groups excluding carboxylic acids is 1. The van der Waals surface area contributed by atoms with E-state index in [0.717, 1.165) is 26.1 Å². The van der Waals surface area contributed by atoms with Gasteiger partial charge >= 0.3 is 0 Å². The number of amides is 1. The SMILES string of the molecule is O=C1CN(c2ccccc2CNC2CC2)CCCN1. The molecule has 1 aromatic carbocycles. The lowest BCUT2D eigenvalue weighted by Gasteiger charge is -2.24. The van der Waals surface area contributed by atoms with Crippen LogP contribution in [-0.2, 0) is 11.3 Å². The largest absolute Gasteiger partial charge is 0.362 e. The van der Waals surface area contributed by atoms with Gasteiger partial charge in [0, 0.05) is 31.4 Å². The highest BCUT2D eigenvalue weighted by molar-refractivity contribution is 5.82. The van der Waals surface area contributed by atoms with E-state index in [-0.39, 0.29) is 5.91 Å². The Morgan fingerprint density at radius 3 is 3.00 bits per heavy atom. The number of carbonyl (C=O) groups is 1. The van der Waals surface area contributed by atoms with Crippen LogP contribution in [0.1, 0.15) is 24.8 Å². The summed E-state index contributed by atoms with van der Waals surface area (Å²) >= 11 is 0. The van der Waals surface area contributed by atoms with E-state index in [1.807, 2.05) is 0 Å². The molecule has 0 radical (unpaired) electrons. The fourth-order valence-corrected chi connectivity index (χ4v) is 2.52. The molecule has 1 aliphatic carbocycles. The van der Waals surface area contributed by atoms with Crippen molar-refractivity contribution in [2.75, 3.05) is 24.5 Å². The Morgan fingerprint density at radius 1 is 1.32 bits per heavy atom. The average molecular weight is 259 g/mol. The molecule has 0 unspecified atom stereocenters. The van der Waals surface area contributed by atoms with Crippen LogP contribution in [0, 0.1) is 0 Å². The van der Waals surface area contributed by atoms with Gasteiger partial charge < -0.3 is 15.5 Å². The Bertz CT molecular complexity index is 456. The van der Waals surface area contributed by atoms with Crippen molar-refractivity contribution in [1.29, 1.82) is 0 Å². The van der Waals surface area contributed by atoms with Gasteiger partial charge in [-0.25, -0.2) is 0 Å². The molecule has 1 heterocycles. The molecule has 1 amide bonds. The number of anilines is 1. The fraction of sp³-hybridized carbons (Fsp3) is 0.533. The minimum absolute atomic E-state index is 0.127. The first kappa shape index (κ1) is 12.5. The van der Waals surface area contributed by atoms with Crippen LogP contribution in [0.25, 0.3) is 0 Å². The predicted octanol–water partition coefficient (Wildman–Crippen LogP) is 1.26. The molecule has 0 bridgehead atoms. The molecular formula is C15H21N3O. The minimum Gasteiger partial charge on any atom is -0.362 e. The summed E-state index contributed by atoms with van der Waals surface area (Å²) in [5.41, 5.74) is 2.50. The van der Waals surface area contributed by atoms with Gasteiger partial charge in [-0.15, -0.1) is 0 Å². The van der Waals surface area contributed by atoms with E-state index in [9.17, 15) is 4.79 Å². The quantitative estimate of drug-likeness (QED) is 0.856. The summed E-state index contributed by atoms with van der Waals surface area (Å²) in [6.45, 7) is 3.11. The standard InChI is InChI=1S/C15H21N3O/c19-15-11-18(9-3-8-16-15)14-5-2-1-4-12(14)10-17-13-6-7-13/h1-2,4-5,13,17H,3,6-11H2,(H,16,19). The molecule has 2 aliphatic rings. The average Bonchev–Trinajstić information content (AvgIpc) is 3.24. The van der Waals surface area contributed by atoms with E-state index >= 15 is 0 Å². The molecule has 1 aliphatic heterocycles. The van der Waals surface area contributed by atoms with Crippen molar-refractivity contribution in [3.8, 4) is 0 Å². The number of hydrogen-bond donors (Lipinski definition) is 2. The Kier molecular flexibility index (Phi) is 3.69. The molecule has 1 saturated heterocycles. The summed E-state index contributed by atoms with van der Waals surface area (Å²) < 4.78 is 0. The molecule has 4 nitrogen and oxygen atoms in total. The first-order valence-corrected chi connectivity index (χ1v) is 7.16. The first-order valence-electron chi connectivity index (χ1n) is 7.16. The number of nitrogens with zero attached hydrogens (tertiary/aromatic N) is 1. The predicted molar refractivity (Wildman–Crippen MR) is 76.1 cm³/mol. The molecule has 3 rings (SSSR count). The summed E-state index contributed by atoms with van der Waals surface area (Å²) in [4.78, 5) is 13.9. The van der Waals surface area contributed by atoms with Crippen molar-refractivity contribution in [2.24, 2.45) is 0 Å². The molecule has 1 saturated carbocycles. The van der Waals surface area contributed by atoms with Crippen LogP contribution in [-0.4, -0.2) is 31.6 Å². The van der Waals surface area contributed by atoms with Crippen molar-refractivity contribution in [1.82, 2.24) is 10.6 Å². The molecule has 0 atom stereocenters. The van der Waals surface area contributed by atoms with Crippen molar-refractivity contribution < 1.29 is 4.79 Å². The van der Waals surface area contributed by atoms with Crippen molar-refractivity contribution in [2.45, 2.75) is 31.8 Å². The third-order valence-corrected chi connectivity index (χ3v) is 3.75. The van der Waals surface area contributed by atoms with Gasteiger partial charge in [0.1, 0.15) is 0 Å². The monoisotopic (exact) mass is 259 g/mol. The Hall–Kier alpha value is -1.55. The highest BCUT2D eigenvalue weighted by Crippen LogP contribution is 2.24. The number of benzene rings is 1. The zero-order valence-corrected chi connectivity index (χ0v) is 11.2. The van der Waals surface area contributed by atoms with Gasteiger partial charge in [0.2, 0.25) is 5.91 Å². The number of rotatable bonds is 4. The number of hydrogen-bond acceptors (Lipinski definition) is 3. The van der Waals surface area contributed by atoms with E-state index in [1.165, 1.54) is 24.1 Å². The number of nitrogens with one attached hydrogen (secondary N) is 2. The molecule has 0 aromatic heterocycles. The normalized spacial score (nSPS) is 20.0. The van der Waals surface area contributed by atoms with Crippen molar-refractivity contribution >= 4 is 11.6 Å². The molecule has 1 aromatic rings. The zero-order valence-electron chi connectivity index (χ0n) is 11.2. The minimum atomic E-state index is 0.127. The molecule has 102 valence electrons. The topological polar surface area (TPSA) is 44.4 Å². The third-order valence-electron chi connectivity index (χ3n) is 3.75. The second-order valence-electron chi connectivity index (χ2n) is 5.41. The highest BCUT2D eigenvalue weighted by atomic mass is 16.2. The van der Waals surface area contributed by atoms with Crippen LogP contribution in [0.15, 0.2) is 24.3 Å². The van der Waals surface area contributed by atoms with E-state index in [2.05, 4.69) is 39.8 Å². The zero-order chi connectivity index (χ0) is 13.1. The summed E-state index contributed by atoms with van der Waals surface area (Å²) in [7, 11) is 0. The van der Waals surface area contributed by atoms with Crippen LogP contribution in [0.2, 0.25) is 0 Å². The molecule has 2 N–H and O–H groups in total. The lowest BCUT2D eigenvalue weighted by atomic mass is 10.1. The maximum atomic E-state index is 11.7. The Balaban J connectivity index is 1.75. The van der Waals surface area contributed by atoms with Crippen molar-refractivity contribution in [3.05, 3.63) is 29.8 Å². The first-order chi connectivity index (χ1) is 9.33. The Labute approximate surface area is 114 Å². The van der Waals surface area contributed by atoms with Gasteiger partial charge in [0.25, 0.3) is 0 Å². The van der Waals surface area contributed by atoms with E-state index in [1.54, 1.807) is 0 Å². The summed E-state index contributed by atoms with van der Waals surface area (Å²) in [5.74, 6) is 0.127. The summed E-state index contributed by atoms with van der Waals surface area (Å²) in [5, 5.41) is 6.48.